The van der Waals surface area contributed by atoms with Crippen LogP contribution in [0.25, 0.3) is 0 Å². The van der Waals surface area contributed by atoms with Crippen molar-refractivity contribution in [2.24, 2.45) is 5.92 Å². The standard InChI is InChI=1S/C12H26N2O/c1-3-4-11-5-7-14(8-6-11)10-12(15)9-13-2/h11-13,15H,3-10H2,1-2H3. The van der Waals surface area contributed by atoms with Gasteiger partial charge in [0.2, 0.25) is 0 Å². The molecule has 0 aromatic heterocycles. The molecular formula is C12H26N2O. The molecule has 0 aromatic rings. The molecule has 0 spiro atoms. The van der Waals surface area contributed by atoms with Gasteiger partial charge in [-0.1, -0.05) is 19.8 Å². The zero-order chi connectivity index (χ0) is 11.1. The number of nitrogens with zero attached hydrogens (tertiary/aromatic N) is 1. The second kappa shape index (κ2) is 7.20. The van der Waals surface area contributed by atoms with Crippen molar-refractivity contribution in [2.45, 2.75) is 38.7 Å². The van der Waals surface area contributed by atoms with Crippen LogP contribution in [-0.2, 0) is 0 Å². The first-order chi connectivity index (χ1) is 7.26. The van der Waals surface area contributed by atoms with Gasteiger partial charge in [0, 0.05) is 13.1 Å². The number of β-amino-alcohol motifs (C(OH)–C–C–N with tert-alkyl or cyclic N) is 1. The van der Waals surface area contributed by atoms with Crippen molar-refractivity contribution in [2.75, 3.05) is 33.2 Å². The summed E-state index contributed by atoms with van der Waals surface area (Å²) in [7, 11) is 1.89. The van der Waals surface area contributed by atoms with E-state index >= 15 is 0 Å². The molecule has 1 saturated heterocycles. The van der Waals surface area contributed by atoms with Gasteiger partial charge in [-0.3, -0.25) is 0 Å². The van der Waals surface area contributed by atoms with Gasteiger partial charge >= 0.3 is 0 Å². The Kier molecular flexibility index (Phi) is 6.22. The topological polar surface area (TPSA) is 35.5 Å². The van der Waals surface area contributed by atoms with Crippen molar-refractivity contribution in [3.05, 3.63) is 0 Å². The molecule has 2 N–H and O–H groups in total. The number of hydrogen-bond donors (Lipinski definition) is 2. The van der Waals surface area contributed by atoms with Gasteiger partial charge in [0.1, 0.15) is 0 Å². The van der Waals surface area contributed by atoms with Crippen LogP contribution in [0.15, 0.2) is 0 Å². The average Bonchev–Trinajstić information content (AvgIpc) is 2.22. The van der Waals surface area contributed by atoms with Gasteiger partial charge in [0.05, 0.1) is 6.10 Å². The van der Waals surface area contributed by atoms with Crippen molar-refractivity contribution in [3.8, 4) is 0 Å². The molecule has 0 aliphatic carbocycles. The van der Waals surface area contributed by atoms with Crippen molar-refractivity contribution >= 4 is 0 Å². The van der Waals surface area contributed by atoms with E-state index in [9.17, 15) is 5.11 Å². The van der Waals surface area contributed by atoms with E-state index in [0.29, 0.717) is 6.54 Å². The highest BCUT2D eigenvalue weighted by Gasteiger charge is 2.19. The Morgan fingerprint density at radius 1 is 1.40 bits per heavy atom. The third-order valence-electron chi connectivity index (χ3n) is 3.31. The molecule has 90 valence electrons. The Balaban J connectivity index is 2.14. The van der Waals surface area contributed by atoms with Crippen LogP contribution in [0.1, 0.15) is 32.6 Å². The van der Waals surface area contributed by atoms with E-state index < -0.39 is 0 Å². The van der Waals surface area contributed by atoms with E-state index in [1.165, 1.54) is 38.8 Å². The molecule has 3 nitrogen and oxygen atoms in total. The number of piperidine rings is 1. The largest absolute Gasteiger partial charge is 0.390 e. The minimum Gasteiger partial charge on any atom is -0.390 e. The van der Waals surface area contributed by atoms with Gasteiger partial charge < -0.3 is 15.3 Å². The fourth-order valence-electron chi connectivity index (χ4n) is 2.46. The van der Waals surface area contributed by atoms with Gasteiger partial charge in [0.25, 0.3) is 0 Å². The van der Waals surface area contributed by atoms with Crippen LogP contribution in [0, 0.1) is 5.92 Å². The lowest BCUT2D eigenvalue weighted by molar-refractivity contribution is 0.0885. The molecule has 0 radical (unpaired) electrons. The molecule has 0 amide bonds. The van der Waals surface area contributed by atoms with Crippen LogP contribution in [0.3, 0.4) is 0 Å². The minimum absolute atomic E-state index is 0.210. The molecule has 1 rings (SSSR count). The third-order valence-corrected chi connectivity index (χ3v) is 3.31. The number of likely N-dealkylation sites (N-methyl/N-ethyl adjacent to an activating group) is 1. The van der Waals surface area contributed by atoms with Gasteiger partial charge in [-0.15, -0.1) is 0 Å². The summed E-state index contributed by atoms with van der Waals surface area (Å²) in [6.45, 7) is 6.15. The number of hydrogen-bond acceptors (Lipinski definition) is 3. The summed E-state index contributed by atoms with van der Waals surface area (Å²) in [5.41, 5.74) is 0. The Morgan fingerprint density at radius 3 is 2.60 bits per heavy atom. The molecule has 15 heavy (non-hydrogen) atoms. The Hall–Kier alpha value is -0.120. The summed E-state index contributed by atoms with van der Waals surface area (Å²) in [6, 6.07) is 0. The first-order valence-electron chi connectivity index (χ1n) is 6.31. The van der Waals surface area contributed by atoms with Crippen molar-refractivity contribution in [1.82, 2.24) is 10.2 Å². The van der Waals surface area contributed by atoms with Crippen LogP contribution in [-0.4, -0.2) is 49.3 Å². The average molecular weight is 214 g/mol. The third kappa shape index (κ3) is 4.96. The summed E-state index contributed by atoms with van der Waals surface area (Å²) < 4.78 is 0. The monoisotopic (exact) mass is 214 g/mol. The van der Waals surface area contributed by atoms with Crippen molar-refractivity contribution in [1.29, 1.82) is 0 Å². The van der Waals surface area contributed by atoms with Crippen LogP contribution in [0.5, 0.6) is 0 Å². The highest BCUT2D eigenvalue weighted by atomic mass is 16.3. The fraction of sp³-hybridized carbons (Fsp3) is 1.00. The SMILES string of the molecule is CCCC1CCN(CC(O)CNC)CC1. The molecule has 1 aliphatic rings. The van der Waals surface area contributed by atoms with E-state index in [-0.39, 0.29) is 6.10 Å². The van der Waals surface area contributed by atoms with E-state index in [4.69, 9.17) is 0 Å². The molecule has 0 aromatic carbocycles. The zero-order valence-corrected chi connectivity index (χ0v) is 10.2. The lowest BCUT2D eigenvalue weighted by Crippen LogP contribution is -2.41. The predicted molar refractivity (Wildman–Crippen MR) is 64.0 cm³/mol. The van der Waals surface area contributed by atoms with E-state index in [1.54, 1.807) is 0 Å². The molecule has 1 atom stereocenters. The van der Waals surface area contributed by atoms with Crippen LogP contribution in [0.2, 0.25) is 0 Å². The highest BCUT2D eigenvalue weighted by Crippen LogP contribution is 2.21. The second-order valence-corrected chi connectivity index (χ2v) is 4.74. The number of nitrogens with one attached hydrogen (secondary N) is 1. The van der Waals surface area contributed by atoms with Gasteiger partial charge in [-0.05, 0) is 38.9 Å². The first-order valence-corrected chi connectivity index (χ1v) is 6.31. The predicted octanol–water partition coefficient (Wildman–Crippen LogP) is 1.08. The Labute approximate surface area is 93.9 Å². The van der Waals surface area contributed by atoms with Crippen molar-refractivity contribution in [3.63, 3.8) is 0 Å². The summed E-state index contributed by atoms with van der Waals surface area (Å²) in [5, 5.41) is 12.7. The van der Waals surface area contributed by atoms with Crippen molar-refractivity contribution < 1.29 is 5.11 Å². The number of likely N-dealkylation sites (tertiary alicyclic amines) is 1. The van der Waals surface area contributed by atoms with Gasteiger partial charge in [0.15, 0.2) is 0 Å². The lowest BCUT2D eigenvalue weighted by atomic mass is 9.92. The molecule has 3 heteroatoms. The van der Waals surface area contributed by atoms with Gasteiger partial charge in [-0.2, -0.15) is 0 Å². The van der Waals surface area contributed by atoms with E-state index in [0.717, 1.165) is 12.5 Å². The molecule has 1 heterocycles. The maximum absolute atomic E-state index is 9.67. The van der Waals surface area contributed by atoms with Crippen LogP contribution in [0.4, 0.5) is 0 Å². The minimum atomic E-state index is -0.210. The molecule has 0 bridgehead atoms. The maximum atomic E-state index is 9.67. The summed E-state index contributed by atoms with van der Waals surface area (Å²) in [6.07, 6.45) is 5.12. The van der Waals surface area contributed by atoms with Gasteiger partial charge in [-0.25, -0.2) is 0 Å². The Morgan fingerprint density at radius 2 is 2.07 bits per heavy atom. The van der Waals surface area contributed by atoms with E-state index in [2.05, 4.69) is 17.1 Å². The molecular weight excluding hydrogens is 188 g/mol. The number of aliphatic hydroxyl groups is 1. The van der Waals surface area contributed by atoms with Crippen LogP contribution >= 0.6 is 0 Å². The second-order valence-electron chi connectivity index (χ2n) is 4.74. The number of aliphatic hydroxyl groups excluding tert-OH is 1. The molecule has 1 unspecified atom stereocenters. The van der Waals surface area contributed by atoms with E-state index in [1.807, 2.05) is 7.05 Å². The smallest absolute Gasteiger partial charge is 0.0791 e. The summed E-state index contributed by atoms with van der Waals surface area (Å²) in [4.78, 5) is 2.40. The maximum Gasteiger partial charge on any atom is 0.0791 e. The molecule has 1 fully saturated rings. The normalized spacial score (nSPS) is 21.8. The first kappa shape index (κ1) is 12.9. The Bertz CT molecular complexity index is 156. The zero-order valence-electron chi connectivity index (χ0n) is 10.2. The lowest BCUT2D eigenvalue weighted by Gasteiger charge is -2.33. The molecule has 1 aliphatic heterocycles. The molecule has 0 saturated carbocycles. The summed E-state index contributed by atoms with van der Waals surface area (Å²) in [5.74, 6) is 0.938. The quantitative estimate of drug-likeness (QED) is 0.694. The van der Waals surface area contributed by atoms with Crippen LogP contribution < -0.4 is 5.32 Å². The fourth-order valence-corrected chi connectivity index (χ4v) is 2.46. The summed E-state index contributed by atoms with van der Waals surface area (Å²) >= 11 is 0. The highest BCUT2D eigenvalue weighted by molar-refractivity contribution is 4.74. The number of rotatable bonds is 6.